The molecule has 0 bridgehead atoms. The molecule has 1 aliphatic heterocycles. The summed E-state index contributed by atoms with van der Waals surface area (Å²) in [6, 6.07) is -4.17. The molecule has 1 heterocycles. The van der Waals surface area contributed by atoms with Gasteiger partial charge in [-0.05, 0) is 54.3 Å². The molecule has 3 aliphatic rings. The third kappa shape index (κ3) is 10.3. The highest BCUT2D eigenvalue weighted by atomic mass is 16.7. The zero-order valence-corrected chi connectivity index (χ0v) is 27.9. The van der Waals surface area contributed by atoms with Gasteiger partial charge in [0.05, 0.1) is 18.7 Å². The van der Waals surface area contributed by atoms with E-state index in [2.05, 4.69) is 16.0 Å². The van der Waals surface area contributed by atoms with Crippen molar-refractivity contribution in [3.63, 3.8) is 0 Å². The molecule has 0 spiro atoms. The van der Waals surface area contributed by atoms with Gasteiger partial charge in [0.2, 0.25) is 17.6 Å². The average Bonchev–Trinajstić information content (AvgIpc) is 3.66. The molecule has 5 atom stereocenters. The Labute approximate surface area is 266 Å². The molecule has 2 aliphatic carbocycles. The van der Waals surface area contributed by atoms with E-state index in [1.54, 1.807) is 0 Å². The van der Waals surface area contributed by atoms with Gasteiger partial charge >= 0.3 is 12.2 Å². The lowest BCUT2D eigenvalue weighted by Gasteiger charge is -2.37. The van der Waals surface area contributed by atoms with Crippen molar-refractivity contribution in [2.45, 2.75) is 118 Å². The number of carbonyl (C=O) groups is 6. The van der Waals surface area contributed by atoms with Gasteiger partial charge in [-0.15, -0.1) is 0 Å². The molecular weight excluding hydrogens is 582 g/mol. The first-order chi connectivity index (χ1) is 20.9. The number of ketones is 1. The van der Waals surface area contributed by atoms with Gasteiger partial charge < -0.3 is 36.1 Å². The Morgan fingerprint density at radius 2 is 1.49 bits per heavy atom. The van der Waals surface area contributed by atoms with Crippen molar-refractivity contribution < 1.29 is 38.2 Å². The highest BCUT2D eigenvalue weighted by Gasteiger charge is 2.46. The highest BCUT2D eigenvalue weighted by molar-refractivity contribution is 6.37. The number of likely N-dealkylation sites (tertiary alicyclic amines) is 1. The van der Waals surface area contributed by atoms with Crippen LogP contribution in [0.5, 0.6) is 0 Å². The topological polar surface area (TPSA) is 186 Å². The van der Waals surface area contributed by atoms with Crippen LogP contribution in [0.2, 0.25) is 0 Å². The molecule has 3 rings (SSSR count). The Kier molecular flexibility index (Phi) is 11.9. The van der Waals surface area contributed by atoms with Crippen molar-refractivity contribution in [3.8, 4) is 0 Å². The monoisotopic (exact) mass is 635 g/mol. The third-order valence-corrected chi connectivity index (χ3v) is 9.16. The number of carbonyl (C=O) groups excluding carboxylic acids is 6. The predicted molar refractivity (Wildman–Crippen MR) is 166 cm³/mol. The van der Waals surface area contributed by atoms with E-state index in [-0.39, 0.29) is 25.0 Å². The van der Waals surface area contributed by atoms with Crippen molar-refractivity contribution >= 4 is 35.7 Å². The zero-order valence-electron chi connectivity index (χ0n) is 27.9. The SMILES string of the molecule is CC1CCN(C(=O)[C@@H](NC(=O)N[C@H](COC(=O)OCC2CC2)C(C)(C)C)C(C)(C)C)[C@@H]1C(=O)NC(CC1CCC1)C(=O)C(N)=O. The van der Waals surface area contributed by atoms with E-state index in [0.29, 0.717) is 25.4 Å². The van der Waals surface area contributed by atoms with Crippen LogP contribution in [-0.2, 0) is 28.7 Å². The van der Waals surface area contributed by atoms with E-state index in [1.165, 1.54) is 4.90 Å². The Morgan fingerprint density at radius 3 is 2.00 bits per heavy atom. The van der Waals surface area contributed by atoms with Crippen LogP contribution in [0.4, 0.5) is 9.59 Å². The molecule has 0 radical (unpaired) electrons. The minimum atomic E-state index is -1.11. The quantitative estimate of drug-likeness (QED) is 0.176. The van der Waals surface area contributed by atoms with Crippen LogP contribution in [0.15, 0.2) is 0 Å². The maximum Gasteiger partial charge on any atom is 0.508 e. The van der Waals surface area contributed by atoms with Gasteiger partial charge in [0.1, 0.15) is 18.7 Å². The number of amides is 5. The van der Waals surface area contributed by atoms with Gasteiger partial charge in [0.15, 0.2) is 0 Å². The number of hydrogen-bond donors (Lipinski definition) is 4. The Hall–Kier alpha value is -3.38. The summed E-state index contributed by atoms with van der Waals surface area (Å²) in [5.74, 6) is -2.53. The van der Waals surface area contributed by atoms with Crippen LogP contribution in [0.1, 0.15) is 93.4 Å². The number of hydrogen-bond acceptors (Lipinski definition) is 8. The Morgan fingerprint density at radius 1 is 0.844 bits per heavy atom. The Bertz CT molecular complexity index is 1120. The van der Waals surface area contributed by atoms with Gasteiger partial charge in [-0.1, -0.05) is 67.7 Å². The van der Waals surface area contributed by atoms with E-state index in [0.717, 1.165) is 32.1 Å². The van der Waals surface area contributed by atoms with Crippen molar-refractivity contribution in [1.29, 1.82) is 0 Å². The molecule has 13 heteroatoms. The van der Waals surface area contributed by atoms with Crippen molar-refractivity contribution in [2.24, 2.45) is 34.3 Å². The number of ether oxygens (including phenoxy) is 2. The summed E-state index contributed by atoms with van der Waals surface area (Å²) in [4.78, 5) is 78.8. The lowest BCUT2D eigenvalue weighted by Crippen LogP contribution is -2.62. The first-order valence-electron chi connectivity index (χ1n) is 16.2. The van der Waals surface area contributed by atoms with Crippen LogP contribution >= 0.6 is 0 Å². The Balaban J connectivity index is 1.69. The number of rotatable bonds is 13. The maximum absolute atomic E-state index is 14.1. The molecule has 45 heavy (non-hydrogen) atoms. The number of primary amides is 1. The first-order valence-corrected chi connectivity index (χ1v) is 16.2. The molecule has 0 aromatic rings. The van der Waals surface area contributed by atoms with E-state index in [9.17, 15) is 28.8 Å². The van der Waals surface area contributed by atoms with Crippen LogP contribution in [0.3, 0.4) is 0 Å². The van der Waals surface area contributed by atoms with E-state index in [4.69, 9.17) is 15.2 Å². The first kappa shape index (κ1) is 36.1. The molecule has 0 aromatic carbocycles. The number of Topliss-reactive ketones (excluding diaryl/α,β-unsaturated/α-hetero) is 1. The van der Waals surface area contributed by atoms with Gasteiger partial charge in [-0.2, -0.15) is 0 Å². The molecule has 3 fully saturated rings. The lowest BCUT2D eigenvalue weighted by atomic mass is 9.80. The van der Waals surface area contributed by atoms with Crippen LogP contribution in [-0.4, -0.2) is 84.5 Å². The summed E-state index contributed by atoms with van der Waals surface area (Å²) < 4.78 is 10.4. The molecule has 0 aromatic heterocycles. The minimum absolute atomic E-state index is 0.119. The fraction of sp³-hybridized carbons (Fsp3) is 0.812. The third-order valence-electron chi connectivity index (χ3n) is 9.16. The molecular formula is C32H53N5O8. The molecule has 2 unspecified atom stereocenters. The second-order valence-corrected chi connectivity index (χ2v) is 15.2. The second-order valence-electron chi connectivity index (χ2n) is 15.2. The van der Waals surface area contributed by atoms with Crippen LogP contribution in [0, 0.1) is 28.6 Å². The highest BCUT2D eigenvalue weighted by Crippen LogP contribution is 2.32. The lowest BCUT2D eigenvalue weighted by molar-refractivity contribution is -0.144. The van der Waals surface area contributed by atoms with E-state index >= 15 is 0 Å². The second kappa shape index (κ2) is 14.8. The summed E-state index contributed by atoms with van der Waals surface area (Å²) in [5.41, 5.74) is 4.04. The summed E-state index contributed by atoms with van der Waals surface area (Å²) in [6.07, 6.45) is 5.00. The van der Waals surface area contributed by atoms with E-state index in [1.807, 2.05) is 48.5 Å². The summed E-state index contributed by atoms with van der Waals surface area (Å²) in [7, 11) is 0. The summed E-state index contributed by atoms with van der Waals surface area (Å²) >= 11 is 0. The van der Waals surface area contributed by atoms with Crippen molar-refractivity contribution in [1.82, 2.24) is 20.9 Å². The average molecular weight is 636 g/mol. The van der Waals surface area contributed by atoms with Gasteiger partial charge in [-0.3, -0.25) is 19.2 Å². The standard InChI is InChI=1S/C32H53N5O8/c1-18-13-14-37(23(18)27(40)34-21(24(38)26(33)39)15-19-9-8-10-19)28(41)25(32(5,6)7)36-29(42)35-22(31(2,3)4)17-45-30(43)44-16-20-11-12-20/h18-23,25H,8-17H2,1-7H3,(H2,33,39)(H,34,40)(H2,35,36,42)/t18?,21?,22-,23+,25-/m1/s1. The summed E-state index contributed by atoms with van der Waals surface area (Å²) in [5, 5.41) is 8.37. The number of nitrogens with one attached hydrogen (secondary N) is 3. The molecule has 5 N–H and O–H groups in total. The maximum atomic E-state index is 14.1. The molecule has 2 saturated carbocycles. The predicted octanol–water partition coefficient (Wildman–Crippen LogP) is 2.64. The number of urea groups is 1. The smallest absolute Gasteiger partial charge is 0.434 e. The van der Waals surface area contributed by atoms with Crippen LogP contribution in [0.25, 0.3) is 0 Å². The molecule has 254 valence electrons. The molecule has 1 saturated heterocycles. The van der Waals surface area contributed by atoms with Crippen LogP contribution < -0.4 is 21.7 Å². The fourth-order valence-electron chi connectivity index (χ4n) is 5.63. The minimum Gasteiger partial charge on any atom is -0.434 e. The summed E-state index contributed by atoms with van der Waals surface area (Å²) in [6.45, 7) is 13.4. The van der Waals surface area contributed by atoms with Crippen molar-refractivity contribution in [2.75, 3.05) is 19.8 Å². The van der Waals surface area contributed by atoms with Gasteiger partial charge in [0.25, 0.3) is 5.91 Å². The van der Waals surface area contributed by atoms with Crippen molar-refractivity contribution in [3.05, 3.63) is 0 Å². The van der Waals surface area contributed by atoms with E-state index < -0.39 is 70.7 Å². The largest absolute Gasteiger partial charge is 0.508 e. The van der Waals surface area contributed by atoms with Gasteiger partial charge in [0, 0.05) is 6.54 Å². The number of nitrogens with zero attached hydrogens (tertiary/aromatic N) is 1. The zero-order chi connectivity index (χ0) is 33.7. The molecule has 13 nitrogen and oxygen atoms in total. The fourth-order valence-corrected chi connectivity index (χ4v) is 5.63. The van der Waals surface area contributed by atoms with Gasteiger partial charge in [-0.25, -0.2) is 9.59 Å². The number of nitrogens with two attached hydrogens (primary N) is 1. The molecule has 5 amide bonds. The normalized spacial score (nSPS) is 22.3.